The van der Waals surface area contributed by atoms with Crippen molar-refractivity contribution in [1.82, 2.24) is 14.8 Å². The van der Waals surface area contributed by atoms with E-state index >= 15 is 0 Å². The molecule has 6 heteroatoms. The van der Waals surface area contributed by atoms with E-state index in [1.54, 1.807) is 30.9 Å². The molecule has 98 valence electrons. The number of nitrogens with zero attached hydrogens (tertiary/aromatic N) is 2. The van der Waals surface area contributed by atoms with Gasteiger partial charge in [-0.1, -0.05) is 0 Å². The van der Waals surface area contributed by atoms with E-state index in [0.717, 1.165) is 5.56 Å². The van der Waals surface area contributed by atoms with Crippen LogP contribution in [0.1, 0.15) is 29.2 Å². The number of fused-ring (bicyclic) bond motifs is 1. The number of carbonyl (C=O) groups excluding carboxylic acids is 1. The Balaban J connectivity index is 2.19. The third kappa shape index (κ3) is 1.95. The summed E-state index contributed by atoms with van der Waals surface area (Å²) in [6.45, 7) is 1.75. The Bertz CT molecular complexity index is 714. The minimum atomic E-state index is -0.327. The van der Waals surface area contributed by atoms with Crippen LogP contribution in [0.25, 0.3) is 0 Å². The number of hydrogen-bond donors (Lipinski definition) is 1. The van der Waals surface area contributed by atoms with Crippen LogP contribution in [0.2, 0.25) is 0 Å². The van der Waals surface area contributed by atoms with Crippen molar-refractivity contribution in [3.8, 4) is 5.75 Å². The molecule has 0 spiro atoms. The fraction of sp³-hybridized carbons (Fsp3) is 0.308. The summed E-state index contributed by atoms with van der Waals surface area (Å²) in [5.41, 5.74) is 1.80. The zero-order chi connectivity index (χ0) is 13.6. The molecule has 3 heterocycles. The van der Waals surface area contributed by atoms with Gasteiger partial charge in [0.05, 0.1) is 18.2 Å². The van der Waals surface area contributed by atoms with Crippen LogP contribution in [0.15, 0.2) is 23.3 Å². The van der Waals surface area contributed by atoms with Crippen molar-refractivity contribution in [3.05, 3.63) is 45.6 Å². The number of ether oxygens (including phenoxy) is 1. The van der Waals surface area contributed by atoms with E-state index < -0.39 is 0 Å². The number of pyridine rings is 1. The molecule has 2 aromatic heterocycles. The lowest BCUT2D eigenvalue weighted by molar-refractivity contribution is -0.135. The molecule has 0 radical (unpaired) electrons. The Morgan fingerprint density at radius 3 is 2.95 bits per heavy atom. The highest BCUT2D eigenvalue weighted by atomic mass is 16.5. The second-order valence-electron chi connectivity index (χ2n) is 4.74. The van der Waals surface area contributed by atoms with Crippen LogP contribution < -0.4 is 10.3 Å². The number of rotatable bonds is 1. The Kier molecular flexibility index (Phi) is 2.51. The second-order valence-corrected chi connectivity index (χ2v) is 4.74. The molecule has 1 aliphatic rings. The summed E-state index contributed by atoms with van der Waals surface area (Å²) in [7, 11) is 1.80. The quantitative estimate of drug-likeness (QED) is 0.770. The Morgan fingerprint density at radius 1 is 1.47 bits per heavy atom. The number of esters is 1. The zero-order valence-corrected chi connectivity index (χ0v) is 10.6. The Hall–Kier alpha value is -2.37. The van der Waals surface area contributed by atoms with Gasteiger partial charge in [-0.3, -0.25) is 14.3 Å². The number of aryl methyl sites for hydroxylation is 2. The summed E-state index contributed by atoms with van der Waals surface area (Å²) < 4.78 is 6.82. The molecule has 1 unspecified atom stereocenters. The highest BCUT2D eigenvalue weighted by Crippen LogP contribution is 2.36. The minimum absolute atomic E-state index is 0.158. The summed E-state index contributed by atoms with van der Waals surface area (Å²) >= 11 is 0. The average molecular weight is 259 g/mol. The van der Waals surface area contributed by atoms with E-state index in [1.807, 2.05) is 6.20 Å². The van der Waals surface area contributed by atoms with Crippen LogP contribution in [0.4, 0.5) is 0 Å². The summed E-state index contributed by atoms with van der Waals surface area (Å²) in [4.78, 5) is 26.5. The fourth-order valence-corrected chi connectivity index (χ4v) is 2.42. The van der Waals surface area contributed by atoms with E-state index in [4.69, 9.17) is 4.74 Å². The summed E-state index contributed by atoms with van der Waals surface area (Å²) in [6.07, 6.45) is 3.64. The van der Waals surface area contributed by atoms with Gasteiger partial charge in [-0.25, -0.2) is 0 Å². The maximum atomic E-state index is 12.1. The van der Waals surface area contributed by atoms with Gasteiger partial charge >= 0.3 is 5.97 Å². The standard InChI is InChI=1S/C13H13N3O3/c1-7-3-10-12(13(18)15-7)9(4-11(17)19-10)8-5-14-16(2)6-8/h3,5-6,9H,4H2,1-2H3,(H,15,18). The normalized spacial score (nSPS) is 18.0. The molecule has 0 aliphatic carbocycles. The predicted molar refractivity (Wildman–Crippen MR) is 67.1 cm³/mol. The average Bonchev–Trinajstić information content (AvgIpc) is 2.73. The van der Waals surface area contributed by atoms with Crippen molar-refractivity contribution >= 4 is 5.97 Å². The van der Waals surface area contributed by atoms with Gasteiger partial charge in [0.1, 0.15) is 5.75 Å². The molecular weight excluding hydrogens is 246 g/mol. The third-order valence-electron chi connectivity index (χ3n) is 3.24. The minimum Gasteiger partial charge on any atom is -0.426 e. The van der Waals surface area contributed by atoms with E-state index in [0.29, 0.717) is 17.0 Å². The predicted octanol–water partition coefficient (Wildman–Crippen LogP) is 0.858. The Morgan fingerprint density at radius 2 is 2.26 bits per heavy atom. The first-order valence-corrected chi connectivity index (χ1v) is 5.97. The smallest absolute Gasteiger partial charge is 0.312 e. The highest BCUT2D eigenvalue weighted by Gasteiger charge is 2.32. The number of H-pyrrole nitrogens is 1. The van der Waals surface area contributed by atoms with Crippen LogP contribution in [0.3, 0.4) is 0 Å². The van der Waals surface area contributed by atoms with Gasteiger partial charge in [-0.2, -0.15) is 5.10 Å². The summed E-state index contributed by atoms with van der Waals surface area (Å²) in [6, 6.07) is 1.68. The molecular formula is C13H13N3O3. The van der Waals surface area contributed by atoms with Gasteiger partial charge in [-0.05, 0) is 12.5 Å². The molecule has 3 rings (SSSR count). The van der Waals surface area contributed by atoms with Crippen molar-refractivity contribution in [2.75, 3.05) is 0 Å². The van der Waals surface area contributed by atoms with E-state index in [1.165, 1.54) is 0 Å². The van der Waals surface area contributed by atoms with Crippen molar-refractivity contribution in [2.45, 2.75) is 19.3 Å². The van der Waals surface area contributed by atoms with E-state index in [9.17, 15) is 9.59 Å². The van der Waals surface area contributed by atoms with Crippen LogP contribution >= 0.6 is 0 Å². The lowest BCUT2D eigenvalue weighted by Crippen LogP contribution is -2.28. The maximum Gasteiger partial charge on any atom is 0.312 e. The number of aromatic amines is 1. The van der Waals surface area contributed by atoms with Gasteiger partial charge in [-0.15, -0.1) is 0 Å². The molecule has 19 heavy (non-hydrogen) atoms. The van der Waals surface area contributed by atoms with Crippen LogP contribution in [-0.2, 0) is 11.8 Å². The van der Waals surface area contributed by atoms with Crippen molar-refractivity contribution in [3.63, 3.8) is 0 Å². The summed E-state index contributed by atoms with van der Waals surface area (Å²) in [5.74, 6) is -0.271. The molecule has 0 aromatic carbocycles. The molecule has 0 bridgehead atoms. The number of hydrogen-bond acceptors (Lipinski definition) is 4. The van der Waals surface area contributed by atoms with E-state index in [-0.39, 0.29) is 23.9 Å². The molecule has 1 aliphatic heterocycles. The third-order valence-corrected chi connectivity index (χ3v) is 3.24. The van der Waals surface area contributed by atoms with E-state index in [2.05, 4.69) is 10.1 Å². The first kappa shape index (κ1) is 11.7. The molecule has 1 atom stereocenters. The van der Waals surface area contributed by atoms with Crippen molar-refractivity contribution in [1.29, 1.82) is 0 Å². The van der Waals surface area contributed by atoms with Gasteiger partial charge < -0.3 is 9.72 Å². The van der Waals surface area contributed by atoms with Gasteiger partial charge in [0.2, 0.25) is 0 Å². The lowest BCUT2D eigenvalue weighted by atomic mass is 9.89. The molecule has 1 N–H and O–H groups in total. The molecule has 0 saturated carbocycles. The first-order valence-electron chi connectivity index (χ1n) is 5.97. The van der Waals surface area contributed by atoms with Crippen molar-refractivity contribution in [2.24, 2.45) is 7.05 Å². The summed E-state index contributed by atoms with van der Waals surface area (Å²) in [5, 5.41) is 4.09. The maximum absolute atomic E-state index is 12.1. The van der Waals surface area contributed by atoms with Crippen LogP contribution in [0, 0.1) is 6.92 Å². The largest absolute Gasteiger partial charge is 0.426 e. The highest BCUT2D eigenvalue weighted by molar-refractivity contribution is 5.77. The first-order chi connectivity index (χ1) is 9.04. The Labute approximate surface area is 109 Å². The topological polar surface area (TPSA) is 77.0 Å². The molecule has 0 saturated heterocycles. The second kappa shape index (κ2) is 4.08. The SMILES string of the molecule is Cc1cc2c(c(=O)[nH]1)C(c1cnn(C)c1)CC(=O)O2. The zero-order valence-electron chi connectivity index (χ0n) is 10.6. The van der Waals surface area contributed by atoms with Crippen LogP contribution in [0.5, 0.6) is 5.75 Å². The molecule has 2 aromatic rings. The van der Waals surface area contributed by atoms with Crippen LogP contribution in [-0.4, -0.2) is 20.7 Å². The molecule has 6 nitrogen and oxygen atoms in total. The van der Waals surface area contributed by atoms with Gasteiger partial charge in [0.15, 0.2) is 0 Å². The number of nitrogens with one attached hydrogen (secondary N) is 1. The number of aromatic nitrogens is 3. The molecule has 0 fully saturated rings. The van der Waals surface area contributed by atoms with Gasteiger partial charge in [0.25, 0.3) is 5.56 Å². The van der Waals surface area contributed by atoms with Gasteiger partial charge in [0, 0.05) is 30.9 Å². The lowest BCUT2D eigenvalue weighted by Gasteiger charge is -2.22. The van der Waals surface area contributed by atoms with Crippen molar-refractivity contribution < 1.29 is 9.53 Å². The number of carbonyl (C=O) groups is 1. The monoisotopic (exact) mass is 259 g/mol. The molecule has 0 amide bonds. The fourth-order valence-electron chi connectivity index (χ4n) is 2.42.